The van der Waals surface area contributed by atoms with Crippen LogP contribution in [0.5, 0.6) is 5.75 Å². The normalized spacial score (nSPS) is 10.8. The lowest BCUT2D eigenvalue weighted by Gasteiger charge is -2.07. The molecule has 0 saturated carbocycles. The van der Waals surface area contributed by atoms with Gasteiger partial charge in [0.15, 0.2) is 0 Å². The summed E-state index contributed by atoms with van der Waals surface area (Å²) >= 11 is 0. The molecule has 0 aliphatic rings. The van der Waals surface area contributed by atoms with E-state index in [1.54, 1.807) is 24.3 Å². The molecule has 3 nitrogen and oxygen atoms in total. The SMILES string of the molecule is CC(C)CCCCCCCOc1ccc(C(=O)O)cc1. The summed E-state index contributed by atoms with van der Waals surface area (Å²) in [4.78, 5) is 10.7. The molecule has 1 rings (SSSR count). The van der Waals surface area contributed by atoms with Gasteiger partial charge in [0, 0.05) is 0 Å². The summed E-state index contributed by atoms with van der Waals surface area (Å²) < 4.78 is 5.59. The molecule has 0 heterocycles. The number of rotatable bonds is 10. The van der Waals surface area contributed by atoms with Gasteiger partial charge in [-0.05, 0) is 36.6 Å². The van der Waals surface area contributed by atoms with Crippen molar-refractivity contribution in [3.8, 4) is 5.75 Å². The quantitative estimate of drug-likeness (QED) is 0.628. The van der Waals surface area contributed by atoms with Crippen LogP contribution in [-0.4, -0.2) is 17.7 Å². The van der Waals surface area contributed by atoms with E-state index >= 15 is 0 Å². The molecule has 0 aromatic heterocycles. The van der Waals surface area contributed by atoms with E-state index in [-0.39, 0.29) is 0 Å². The van der Waals surface area contributed by atoms with E-state index in [0.717, 1.165) is 18.1 Å². The van der Waals surface area contributed by atoms with Crippen LogP contribution in [0, 0.1) is 5.92 Å². The smallest absolute Gasteiger partial charge is 0.335 e. The zero-order valence-corrected chi connectivity index (χ0v) is 12.6. The van der Waals surface area contributed by atoms with Crippen LogP contribution in [0.25, 0.3) is 0 Å². The molecule has 1 aromatic rings. The number of hydrogen-bond donors (Lipinski definition) is 1. The van der Waals surface area contributed by atoms with Crippen LogP contribution < -0.4 is 4.74 Å². The Labute approximate surface area is 122 Å². The second-order valence-corrected chi connectivity index (χ2v) is 5.63. The first-order valence-corrected chi connectivity index (χ1v) is 7.55. The number of benzene rings is 1. The highest BCUT2D eigenvalue weighted by molar-refractivity contribution is 5.87. The van der Waals surface area contributed by atoms with Gasteiger partial charge in [0.1, 0.15) is 5.75 Å². The van der Waals surface area contributed by atoms with Crippen LogP contribution in [0.15, 0.2) is 24.3 Å². The van der Waals surface area contributed by atoms with E-state index in [2.05, 4.69) is 13.8 Å². The van der Waals surface area contributed by atoms with Gasteiger partial charge < -0.3 is 9.84 Å². The average molecular weight is 278 g/mol. The fourth-order valence-corrected chi connectivity index (χ4v) is 2.07. The van der Waals surface area contributed by atoms with Crippen LogP contribution in [0.2, 0.25) is 0 Å². The Morgan fingerprint density at radius 2 is 1.65 bits per heavy atom. The van der Waals surface area contributed by atoms with Crippen molar-refractivity contribution in [3.05, 3.63) is 29.8 Å². The molecule has 1 N–H and O–H groups in total. The lowest BCUT2D eigenvalue weighted by molar-refractivity contribution is 0.0697. The van der Waals surface area contributed by atoms with E-state index in [9.17, 15) is 4.79 Å². The number of aromatic carboxylic acids is 1. The Morgan fingerprint density at radius 3 is 2.25 bits per heavy atom. The molecule has 1 aromatic carbocycles. The highest BCUT2D eigenvalue weighted by Crippen LogP contribution is 2.14. The van der Waals surface area contributed by atoms with Crippen molar-refractivity contribution in [2.24, 2.45) is 5.92 Å². The van der Waals surface area contributed by atoms with Crippen LogP contribution in [0.3, 0.4) is 0 Å². The third-order valence-corrected chi connectivity index (χ3v) is 3.30. The van der Waals surface area contributed by atoms with Crippen molar-refractivity contribution in [2.75, 3.05) is 6.61 Å². The number of ether oxygens (including phenoxy) is 1. The second kappa shape index (κ2) is 9.40. The number of carboxylic acid groups (broad SMARTS) is 1. The largest absolute Gasteiger partial charge is 0.494 e. The highest BCUT2D eigenvalue weighted by atomic mass is 16.5. The standard InChI is InChI=1S/C17H26O3/c1-14(2)8-6-4-3-5-7-13-20-16-11-9-15(10-12-16)17(18)19/h9-12,14H,3-8,13H2,1-2H3,(H,18,19). The van der Waals surface area contributed by atoms with E-state index in [1.165, 1.54) is 32.1 Å². The van der Waals surface area contributed by atoms with Crippen molar-refractivity contribution >= 4 is 5.97 Å². The zero-order chi connectivity index (χ0) is 14.8. The van der Waals surface area contributed by atoms with Gasteiger partial charge in [0.25, 0.3) is 0 Å². The zero-order valence-electron chi connectivity index (χ0n) is 12.6. The molecule has 3 heteroatoms. The minimum atomic E-state index is -0.905. The molecule has 0 aliphatic heterocycles. The van der Waals surface area contributed by atoms with Crippen LogP contribution in [0.4, 0.5) is 0 Å². The average Bonchev–Trinajstić information content (AvgIpc) is 2.42. The third-order valence-electron chi connectivity index (χ3n) is 3.30. The first-order chi connectivity index (χ1) is 9.59. The molecule has 0 spiro atoms. The van der Waals surface area contributed by atoms with Gasteiger partial charge in [-0.2, -0.15) is 0 Å². The summed E-state index contributed by atoms with van der Waals surface area (Å²) in [5, 5.41) is 8.79. The van der Waals surface area contributed by atoms with Gasteiger partial charge in [-0.1, -0.05) is 46.0 Å². The predicted molar refractivity (Wildman–Crippen MR) is 81.4 cm³/mol. The topological polar surface area (TPSA) is 46.5 Å². The molecule has 0 unspecified atom stereocenters. The summed E-state index contributed by atoms with van der Waals surface area (Å²) in [6, 6.07) is 6.57. The Morgan fingerprint density at radius 1 is 1.05 bits per heavy atom. The summed E-state index contributed by atoms with van der Waals surface area (Å²) in [6.07, 6.45) is 7.49. The molecule has 0 atom stereocenters. The molecule has 0 fully saturated rings. The molecular formula is C17H26O3. The number of carboxylic acids is 1. The monoisotopic (exact) mass is 278 g/mol. The Hall–Kier alpha value is -1.51. The molecular weight excluding hydrogens is 252 g/mol. The molecule has 112 valence electrons. The summed E-state index contributed by atoms with van der Waals surface area (Å²) in [7, 11) is 0. The minimum Gasteiger partial charge on any atom is -0.494 e. The van der Waals surface area contributed by atoms with Gasteiger partial charge in [0.2, 0.25) is 0 Å². The first kappa shape index (κ1) is 16.5. The predicted octanol–water partition coefficient (Wildman–Crippen LogP) is 4.76. The first-order valence-electron chi connectivity index (χ1n) is 7.55. The maximum atomic E-state index is 10.7. The molecule has 0 radical (unpaired) electrons. The van der Waals surface area contributed by atoms with Crippen molar-refractivity contribution in [1.82, 2.24) is 0 Å². The minimum absolute atomic E-state index is 0.294. The lowest BCUT2D eigenvalue weighted by Crippen LogP contribution is -1.99. The summed E-state index contributed by atoms with van der Waals surface area (Å²) in [5.74, 6) is 0.653. The molecule has 0 bridgehead atoms. The van der Waals surface area contributed by atoms with Crippen LogP contribution in [-0.2, 0) is 0 Å². The van der Waals surface area contributed by atoms with Gasteiger partial charge >= 0.3 is 5.97 Å². The van der Waals surface area contributed by atoms with Crippen molar-refractivity contribution in [1.29, 1.82) is 0 Å². The van der Waals surface area contributed by atoms with Gasteiger partial charge in [-0.3, -0.25) is 0 Å². The Balaban J connectivity index is 2.05. The van der Waals surface area contributed by atoms with E-state index in [4.69, 9.17) is 9.84 Å². The molecule has 0 amide bonds. The third kappa shape index (κ3) is 7.17. The van der Waals surface area contributed by atoms with Crippen molar-refractivity contribution in [2.45, 2.75) is 52.4 Å². The van der Waals surface area contributed by atoms with Gasteiger partial charge in [-0.25, -0.2) is 4.79 Å². The lowest BCUT2D eigenvalue weighted by atomic mass is 10.0. The molecule has 0 saturated heterocycles. The molecule has 20 heavy (non-hydrogen) atoms. The van der Waals surface area contributed by atoms with E-state index < -0.39 is 5.97 Å². The summed E-state index contributed by atoms with van der Waals surface area (Å²) in [5.41, 5.74) is 0.294. The number of unbranched alkanes of at least 4 members (excludes halogenated alkanes) is 4. The number of carbonyl (C=O) groups is 1. The second-order valence-electron chi connectivity index (χ2n) is 5.63. The van der Waals surface area contributed by atoms with E-state index in [1.807, 2.05) is 0 Å². The van der Waals surface area contributed by atoms with E-state index in [0.29, 0.717) is 12.2 Å². The van der Waals surface area contributed by atoms with Crippen molar-refractivity contribution in [3.63, 3.8) is 0 Å². The summed E-state index contributed by atoms with van der Waals surface area (Å²) in [6.45, 7) is 5.24. The fraction of sp³-hybridized carbons (Fsp3) is 0.588. The van der Waals surface area contributed by atoms with Crippen LogP contribution in [0.1, 0.15) is 62.7 Å². The maximum Gasteiger partial charge on any atom is 0.335 e. The van der Waals surface area contributed by atoms with Gasteiger partial charge in [0.05, 0.1) is 12.2 Å². The Bertz CT molecular complexity index is 382. The van der Waals surface area contributed by atoms with Gasteiger partial charge in [-0.15, -0.1) is 0 Å². The Kier molecular flexibility index (Phi) is 7.78. The highest BCUT2D eigenvalue weighted by Gasteiger charge is 2.02. The molecule has 0 aliphatic carbocycles. The maximum absolute atomic E-state index is 10.7. The number of hydrogen-bond acceptors (Lipinski definition) is 2. The van der Waals surface area contributed by atoms with Crippen molar-refractivity contribution < 1.29 is 14.6 Å². The fourth-order valence-electron chi connectivity index (χ4n) is 2.07. The van der Waals surface area contributed by atoms with Crippen LogP contribution >= 0.6 is 0 Å².